The number of pyridine rings is 1. The smallest absolute Gasteiger partial charge is 0.407 e. The average Bonchev–Trinajstić information content (AvgIpc) is 4.21. The minimum atomic E-state index is -3.92. The fourth-order valence-electron chi connectivity index (χ4n) is 9.73. The van der Waals surface area contributed by atoms with Crippen molar-refractivity contribution in [1.82, 2.24) is 25.2 Å². The predicted octanol–water partition coefficient (Wildman–Crippen LogP) is 5.94. The van der Waals surface area contributed by atoms with Crippen molar-refractivity contribution >= 4 is 50.6 Å². The van der Waals surface area contributed by atoms with Crippen LogP contribution in [-0.4, -0.2) is 98.4 Å². The summed E-state index contributed by atoms with van der Waals surface area (Å²) in [6.45, 7) is 8.62. The third kappa shape index (κ3) is 9.81. The van der Waals surface area contributed by atoms with Crippen LogP contribution in [0.2, 0.25) is 0 Å². The number of hydrogen-bond donors (Lipinski definition) is 3. The van der Waals surface area contributed by atoms with Crippen LogP contribution < -0.4 is 29.7 Å². The second-order valence-corrected chi connectivity index (χ2v) is 21.2. The molecule has 2 aliphatic heterocycles. The Morgan fingerprint density at radius 2 is 1.81 bits per heavy atom. The number of carbonyl (C=O) groups is 4. The zero-order chi connectivity index (χ0) is 45.4. The molecule has 15 nitrogen and oxygen atoms in total. The molecule has 5 aliphatic rings. The monoisotopic (exact) mass is 898 g/mol. The van der Waals surface area contributed by atoms with E-state index in [0.29, 0.717) is 61.5 Å². The lowest BCUT2D eigenvalue weighted by molar-refractivity contribution is -0.142. The van der Waals surface area contributed by atoms with Crippen LogP contribution in [0.5, 0.6) is 11.5 Å². The van der Waals surface area contributed by atoms with Crippen LogP contribution in [0.1, 0.15) is 95.6 Å². The molecule has 3 saturated carbocycles. The van der Waals surface area contributed by atoms with Crippen molar-refractivity contribution in [3.05, 3.63) is 72.3 Å². The van der Waals surface area contributed by atoms with E-state index in [0.717, 1.165) is 48.6 Å². The zero-order valence-corrected chi connectivity index (χ0v) is 38.2. The van der Waals surface area contributed by atoms with Gasteiger partial charge in [-0.15, -0.1) is 6.58 Å². The molecule has 0 spiro atoms. The van der Waals surface area contributed by atoms with Gasteiger partial charge < -0.3 is 34.6 Å². The van der Waals surface area contributed by atoms with Gasteiger partial charge >= 0.3 is 6.09 Å². The molecule has 344 valence electrons. The molecule has 16 heteroatoms. The van der Waals surface area contributed by atoms with E-state index in [1.54, 1.807) is 7.11 Å². The van der Waals surface area contributed by atoms with Gasteiger partial charge in [-0.1, -0.05) is 69.5 Å². The van der Waals surface area contributed by atoms with E-state index < -0.39 is 68.7 Å². The first-order valence-corrected chi connectivity index (χ1v) is 24.3. The van der Waals surface area contributed by atoms with Crippen molar-refractivity contribution in [3.8, 4) is 11.5 Å². The lowest BCUT2D eigenvalue weighted by atomic mass is 9.83. The number of aryl methyl sites for hydroxylation is 1. The van der Waals surface area contributed by atoms with Crippen LogP contribution in [0.4, 0.5) is 10.6 Å². The number of methoxy groups -OCH3 is 1. The summed E-state index contributed by atoms with van der Waals surface area (Å²) in [7, 11) is -0.330. The maximum absolute atomic E-state index is 15.1. The zero-order valence-electron chi connectivity index (χ0n) is 37.4. The Morgan fingerprint density at radius 1 is 1.06 bits per heavy atom. The number of fused-ring (bicyclic) bond motifs is 3. The summed E-state index contributed by atoms with van der Waals surface area (Å²) >= 11 is 0. The number of amides is 4. The number of carbonyl (C=O) groups excluding carboxylic acids is 4. The molecule has 4 fully saturated rings. The van der Waals surface area contributed by atoms with Gasteiger partial charge in [-0.2, -0.15) is 0 Å². The second-order valence-electron chi connectivity index (χ2n) is 19.3. The van der Waals surface area contributed by atoms with Crippen LogP contribution in [0, 0.1) is 17.3 Å². The molecule has 3 heterocycles. The molecule has 1 aromatic heterocycles. The normalized spacial score (nSPS) is 26.4. The topological polar surface area (TPSA) is 186 Å². The largest absolute Gasteiger partial charge is 0.496 e. The maximum atomic E-state index is 15.1. The molecule has 3 N–H and O–H groups in total. The van der Waals surface area contributed by atoms with Crippen molar-refractivity contribution in [2.24, 2.45) is 17.3 Å². The minimum Gasteiger partial charge on any atom is -0.496 e. The van der Waals surface area contributed by atoms with Crippen LogP contribution in [0.25, 0.3) is 10.9 Å². The summed E-state index contributed by atoms with van der Waals surface area (Å²) in [5, 5.41) is 5.92. The van der Waals surface area contributed by atoms with Gasteiger partial charge in [0.05, 0.1) is 31.0 Å². The third-order valence-electron chi connectivity index (χ3n) is 13.8. The van der Waals surface area contributed by atoms with E-state index in [4.69, 9.17) is 19.2 Å². The number of anilines is 1. The fraction of sp³-hybridized carbons (Fsp3) is 0.562. The Morgan fingerprint density at radius 3 is 2.50 bits per heavy atom. The Hall–Kier alpha value is -5.38. The van der Waals surface area contributed by atoms with Gasteiger partial charge in [-0.25, -0.2) is 18.2 Å². The van der Waals surface area contributed by atoms with Gasteiger partial charge in [0.1, 0.15) is 41.0 Å². The molecule has 3 aromatic rings. The molecule has 4 amide bonds. The van der Waals surface area contributed by atoms with Gasteiger partial charge in [-0.05, 0) is 79.9 Å². The summed E-state index contributed by atoms with van der Waals surface area (Å²) in [6, 6.07) is 13.8. The van der Waals surface area contributed by atoms with Crippen molar-refractivity contribution in [2.75, 3.05) is 32.2 Å². The Bertz CT molecular complexity index is 2380. The quantitative estimate of drug-likeness (QED) is 0.194. The van der Waals surface area contributed by atoms with E-state index in [-0.39, 0.29) is 37.3 Å². The van der Waals surface area contributed by atoms with Gasteiger partial charge in [0.15, 0.2) is 0 Å². The second kappa shape index (κ2) is 18.2. The SMILES string of the molecule is C=C[C@H]1CC1(NC(=O)[C@@H]1C[C@@H]2CN1C(=O)[C@H](C1CCCCC1)NC(=O)OCC(C)(C)CCCc1cc3c(cc(N(C)Cc4ccccc4)nc3cc1OC)O2)C(=O)NS(=O)(=O)C1CC1. The minimum absolute atomic E-state index is 0.00788. The number of aromatic nitrogens is 1. The number of ether oxygens (including phenoxy) is 3. The highest BCUT2D eigenvalue weighted by molar-refractivity contribution is 7.91. The first-order valence-electron chi connectivity index (χ1n) is 22.8. The molecule has 3 aliphatic carbocycles. The van der Waals surface area contributed by atoms with E-state index in [1.807, 2.05) is 74.3 Å². The number of rotatable bonds is 11. The molecular formula is C48H62N6O9S. The van der Waals surface area contributed by atoms with Crippen molar-refractivity contribution in [3.63, 3.8) is 0 Å². The third-order valence-corrected chi connectivity index (χ3v) is 15.6. The molecule has 1 unspecified atom stereocenters. The van der Waals surface area contributed by atoms with E-state index in [1.165, 1.54) is 11.0 Å². The molecule has 2 aromatic carbocycles. The molecule has 0 radical (unpaired) electrons. The van der Waals surface area contributed by atoms with E-state index in [9.17, 15) is 22.8 Å². The molecule has 5 atom stereocenters. The highest BCUT2D eigenvalue weighted by Gasteiger charge is 2.62. The molecule has 8 rings (SSSR count). The molecule has 4 bridgehead atoms. The summed E-state index contributed by atoms with van der Waals surface area (Å²) in [4.78, 5) is 65.9. The van der Waals surface area contributed by atoms with Crippen LogP contribution in [0.15, 0.2) is 61.2 Å². The Kier molecular flexibility index (Phi) is 12.9. The molecule has 1 saturated heterocycles. The maximum Gasteiger partial charge on any atom is 0.407 e. The Balaban J connectivity index is 1.18. The predicted molar refractivity (Wildman–Crippen MR) is 242 cm³/mol. The van der Waals surface area contributed by atoms with Crippen molar-refractivity contribution in [2.45, 2.75) is 126 Å². The van der Waals surface area contributed by atoms with Crippen molar-refractivity contribution in [1.29, 1.82) is 0 Å². The number of nitrogens with zero attached hydrogens (tertiary/aromatic N) is 3. The number of benzene rings is 2. The molecular weight excluding hydrogens is 837 g/mol. The van der Waals surface area contributed by atoms with Crippen molar-refractivity contribution < 1.29 is 41.8 Å². The van der Waals surface area contributed by atoms with Gasteiger partial charge in [-0.3, -0.25) is 19.1 Å². The van der Waals surface area contributed by atoms with E-state index >= 15 is 4.79 Å². The first kappa shape index (κ1) is 45.2. The van der Waals surface area contributed by atoms with Crippen LogP contribution in [-0.2, 0) is 42.1 Å². The number of sulfonamides is 1. The summed E-state index contributed by atoms with van der Waals surface area (Å²) < 4.78 is 46.8. The highest BCUT2D eigenvalue weighted by Crippen LogP contribution is 2.46. The standard InChI is InChI=1S/C48H62N6O9S/c1-6-33-26-48(33,45(57)52-64(59,60)35-19-20-35)51-43(55)38-23-34-28-54(38)44(56)42(31-16-11-8-12-17-31)50-46(58)62-29-47(2,3)21-13-18-32-22-36-37(24-39(32)61-5)49-41(25-40(36)63-34)53(4)27-30-14-9-7-10-15-30/h6-7,9-10,14-15,22,24-25,31,33-35,38,42H,1,8,11-13,16-21,23,26-29H2,2-5H3,(H,50,58)(H,51,55)(H,52,57)/t33-,34+,38-,42-,48?/m0/s1. The summed E-state index contributed by atoms with van der Waals surface area (Å²) in [5.74, 6) is -0.787. The van der Waals surface area contributed by atoms with Gasteiger partial charge in [0, 0.05) is 43.5 Å². The van der Waals surface area contributed by atoms with Crippen LogP contribution >= 0.6 is 0 Å². The summed E-state index contributed by atoms with van der Waals surface area (Å²) in [6.07, 6.45) is 7.63. The van der Waals surface area contributed by atoms with Crippen LogP contribution in [0.3, 0.4) is 0 Å². The molecule has 64 heavy (non-hydrogen) atoms. The number of alkyl carbamates (subject to hydrolysis) is 1. The number of nitrogens with one attached hydrogen (secondary N) is 3. The fourth-order valence-corrected chi connectivity index (χ4v) is 11.1. The number of hydrogen-bond acceptors (Lipinski definition) is 11. The summed E-state index contributed by atoms with van der Waals surface area (Å²) in [5.41, 5.74) is 0.742. The van der Waals surface area contributed by atoms with Gasteiger partial charge in [0.2, 0.25) is 21.8 Å². The average molecular weight is 899 g/mol. The lowest BCUT2D eigenvalue weighted by Crippen LogP contribution is -2.59. The Labute approximate surface area is 376 Å². The van der Waals surface area contributed by atoms with E-state index in [2.05, 4.69) is 21.9 Å². The van der Waals surface area contributed by atoms with Gasteiger partial charge in [0.25, 0.3) is 5.91 Å². The highest BCUT2D eigenvalue weighted by atomic mass is 32.2. The lowest BCUT2D eigenvalue weighted by Gasteiger charge is -2.35. The number of cyclic esters (lactones) is 1. The first-order chi connectivity index (χ1) is 30.6.